The number of benzene rings is 2. The molecule has 0 aliphatic carbocycles. The van der Waals surface area contributed by atoms with Gasteiger partial charge >= 0.3 is 0 Å². The monoisotopic (exact) mass is 395 g/mol. The van der Waals surface area contributed by atoms with Crippen molar-refractivity contribution in [1.29, 1.82) is 0 Å². The molecule has 1 aromatic heterocycles. The number of hydrogen-bond donors (Lipinski definition) is 1. The van der Waals surface area contributed by atoms with E-state index >= 15 is 0 Å². The van der Waals surface area contributed by atoms with Gasteiger partial charge in [-0.25, -0.2) is 4.39 Å². The minimum absolute atomic E-state index is 0.0355. The fraction of sp³-hybridized carbons (Fsp3) is 0.292. The van der Waals surface area contributed by atoms with Crippen LogP contribution in [0.2, 0.25) is 0 Å². The third-order valence-electron chi connectivity index (χ3n) is 5.03. The summed E-state index contributed by atoms with van der Waals surface area (Å²) in [5.41, 5.74) is 4.06. The van der Waals surface area contributed by atoms with Crippen molar-refractivity contribution in [3.8, 4) is 11.1 Å². The molecule has 0 aliphatic heterocycles. The molecule has 0 saturated carbocycles. The van der Waals surface area contributed by atoms with Crippen molar-refractivity contribution in [3.63, 3.8) is 0 Å². The Morgan fingerprint density at radius 3 is 2.24 bits per heavy atom. The molecular weight excluding hydrogens is 369 g/mol. The van der Waals surface area contributed by atoms with Crippen molar-refractivity contribution in [2.45, 2.75) is 39.6 Å². The van der Waals surface area contributed by atoms with Crippen molar-refractivity contribution < 1.29 is 14.2 Å². The molecule has 3 rings (SSSR count). The summed E-state index contributed by atoms with van der Waals surface area (Å²) in [6, 6.07) is 15.7. The van der Waals surface area contributed by atoms with E-state index in [9.17, 15) is 14.3 Å². The van der Waals surface area contributed by atoms with Crippen molar-refractivity contribution in [1.82, 2.24) is 4.57 Å². The topological polar surface area (TPSA) is 51.5 Å². The molecule has 0 spiro atoms. The highest BCUT2D eigenvalue weighted by atomic mass is 19.1. The summed E-state index contributed by atoms with van der Waals surface area (Å²) >= 11 is 0. The predicted octanol–water partition coefficient (Wildman–Crippen LogP) is 4.52. The number of rotatable bonds is 7. The Kier molecular flexibility index (Phi) is 6.62. The first kappa shape index (κ1) is 21.0. The lowest BCUT2D eigenvalue weighted by Crippen LogP contribution is -2.28. The highest BCUT2D eigenvalue weighted by Gasteiger charge is 2.22. The van der Waals surface area contributed by atoms with Gasteiger partial charge in [0.15, 0.2) is 0 Å². The lowest BCUT2D eigenvalue weighted by Gasteiger charge is -2.23. The number of pyridine rings is 1. The van der Waals surface area contributed by atoms with Crippen LogP contribution in [0.15, 0.2) is 59.4 Å². The average molecular weight is 395 g/mol. The van der Waals surface area contributed by atoms with Crippen LogP contribution in [0.5, 0.6) is 0 Å². The molecule has 1 heterocycles. The van der Waals surface area contributed by atoms with Gasteiger partial charge in [-0.3, -0.25) is 4.79 Å². The summed E-state index contributed by atoms with van der Waals surface area (Å²) in [6.07, 6.45) is 0. The molecule has 152 valence electrons. The van der Waals surface area contributed by atoms with E-state index in [0.29, 0.717) is 28.9 Å². The first-order valence-electron chi connectivity index (χ1n) is 9.67. The normalized spacial score (nSPS) is 11.2. The van der Waals surface area contributed by atoms with Crippen LogP contribution >= 0.6 is 0 Å². The van der Waals surface area contributed by atoms with E-state index in [0.717, 1.165) is 11.3 Å². The summed E-state index contributed by atoms with van der Waals surface area (Å²) in [6.45, 7) is 4.20. The summed E-state index contributed by atoms with van der Waals surface area (Å²) < 4.78 is 20.9. The molecule has 4 nitrogen and oxygen atoms in total. The largest absolute Gasteiger partial charge is 0.392 e. The molecular formula is C24H26FNO3. The van der Waals surface area contributed by atoms with Gasteiger partial charge in [-0.2, -0.15) is 0 Å². The van der Waals surface area contributed by atoms with Gasteiger partial charge in [-0.05, 0) is 34.7 Å². The van der Waals surface area contributed by atoms with E-state index < -0.39 is 0 Å². The summed E-state index contributed by atoms with van der Waals surface area (Å²) in [5.74, 6) is -0.317. The second kappa shape index (κ2) is 9.16. The molecule has 0 fully saturated rings. The Bertz CT molecular complexity index is 1020. The lowest BCUT2D eigenvalue weighted by atomic mass is 9.91. The zero-order valence-corrected chi connectivity index (χ0v) is 17.0. The van der Waals surface area contributed by atoms with Crippen molar-refractivity contribution in [3.05, 3.63) is 93.2 Å². The molecule has 0 aliphatic rings. The number of aliphatic hydroxyl groups excluding tert-OH is 1. The van der Waals surface area contributed by atoms with E-state index in [-0.39, 0.29) is 30.5 Å². The van der Waals surface area contributed by atoms with Gasteiger partial charge in [0, 0.05) is 18.3 Å². The highest BCUT2D eigenvalue weighted by Crippen LogP contribution is 2.32. The second-order valence-corrected chi connectivity index (χ2v) is 7.38. The van der Waals surface area contributed by atoms with Crippen molar-refractivity contribution in [2.24, 2.45) is 7.05 Å². The Hall–Kier alpha value is -2.76. The van der Waals surface area contributed by atoms with Crippen LogP contribution in [0, 0.1) is 5.82 Å². The smallest absolute Gasteiger partial charge is 0.256 e. The Morgan fingerprint density at radius 2 is 1.66 bits per heavy atom. The third-order valence-corrected chi connectivity index (χ3v) is 5.03. The number of nitrogens with zero attached hydrogens (tertiary/aromatic N) is 1. The zero-order chi connectivity index (χ0) is 21.0. The quantitative estimate of drug-likeness (QED) is 0.640. The molecule has 0 saturated heterocycles. The van der Waals surface area contributed by atoms with E-state index in [1.807, 2.05) is 44.2 Å². The maximum Gasteiger partial charge on any atom is 0.256 e. The second-order valence-electron chi connectivity index (χ2n) is 7.38. The first-order valence-corrected chi connectivity index (χ1v) is 9.67. The van der Waals surface area contributed by atoms with Gasteiger partial charge in [0.1, 0.15) is 5.82 Å². The van der Waals surface area contributed by atoms with E-state index in [1.54, 1.807) is 23.7 Å². The van der Waals surface area contributed by atoms with E-state index in [1.165, 1.54) is 12.1 Å². The molecule has 0 atom stereocenters. The van der Waals surface area contributed by atoms with Crippen molar-refractivity contribution >= 4 is 0 Å². The fourth-order valence-corrected chi connectivity index (χ4v) is 3.77. The Labute approximate surface area is 170 Å². The number of ether oxygens (including phenoxy) is 1. The molecule has 0 unspecified atom stereocenters. The van der Waals surface area contributed by atoms with Crippen LogP contribution in [0.4, 0.5) is 4.39 Å². The van der Waals surface area contributed by atoms with Gasteiger partial charge in [-0.15, -0.1) is 0 Å². The minimum Gasteiger partial charge on any atom is -0.392 e. The zero-order valence-electron chi connectivity index (χ0n) is 17.0. The van der Waals surface area contributed by atoms with Crippen LogP contribution < -0.4 is 5.56 Å². The third kappa shape index (κ3) is 4.47. The minimum atomic E-state index is -0.353. The van der Waals surface area contributed by atoms with Crippen LogP contribution in [0.1, 0.15) is 42.1 Å². The molecule has 3 aromatic rings. The molecule has 0 radical (unpaired) electrons. The van der Waals surface area contributed by atoms with E-state index in [2.05, 4.69) is 0 Å². The van der Waals surface area contributed by atoms with Crippen LogP contribution in [-0.4, -0.2) is 9.67 Å². The number of halogens is 1. The SMILES string of the molecule is CC(C)c1c(CO)c(-c2ccc(F)cc2)c(COCc2ccccc2)c(=O)n1C. The standard InChI is InChI=1S/C24H26FNO3/c1-16(2)23-20(13-27)22(18-9-11-19(25)12-10-18)21(24(28)26(23)3)15-29-14-17-7-5-4-6-8-17/h4-12,16,27H,13-15H2,1-3H3. The molecule has 5 heteroatoms. The number of hydrogen-bond acceptors (Lipinski definition) is 3. The van der Waals surface area contributed by atoms with Gasteiger partial charge in [0.05, 0.1) is 25.4 Å². The molecule has 0 amide bonds. The van der Waals surface area contributed by atoms with E-state index in [4.69, 9.17) is 4.74 Å². The molecule has 1 N–H and O–H groups in total. The molecule has 29 heavy (non-hydrogen) atoms. The first-order chi connectivity index (χ1) is 13.9. The molecule has 0 bridgehead atoms. The highest BCUT2D eigenvalue weighted by molar-refractivity contribution is 5.71. The summed E-state index contributed by atoms with van der Waals surface area (Å²) in [7, 11) is 1.71. The average Bonchev–Trinajstić information content (AvgIpc) is 2.72. The van der Waals surface area contributed by atoms with Crippen LogP contribution in [0.3, 0.4) is 0 Å². The summed E-state index contributed by atoms with van der Waals surface area (Å²) in [4.78, 5) is 13.2. The van der Waals surface area contributed by atoms with Crippen LogP contribution in [-0.2, 0) is 31.6 Å². The van der Waals surface area contributed by atoms with Gasteiger partial charge in [-0.1, -0.05) is 56.3 Å². The number of aliphatic hydroxyl groups is 1. The maximum atomic E-state index is 13.5. The lowest BCUT2D eigenvalue weighted by molar-refractivity contribution is 0.106. The number of aromatic nitrogens is 1. The summed E-state index contributed by atoms with van der Waals surface area (Å²) in [5, 5.41) is 10.2. The van der Waals surface area contributed by atoms with Gasteiger partial charge < -0.3 is 14.4 Å². The van der Waals surface area contributed by atoms with Gasteiger partial charge in [0.2, 0.25) is 0 Å². The van der Waals surface area contributed by atoms with Crippen molar-refractivity contribution in [2.75, 3.05) is 0 Å². The maximum absolute atomic E-state index is 13.5. The predicted molar refractivity (Wildman–Crippen MR) is 112 cm³/mol. The Morgan fingerprint density at radius 1 is 1.00 bits per heavy atom. The van der Waals surface area contributed by atoms with Gasteiger partial charge in [0.25, 0.3) is 5.56 Å². The molecule has 2 aromatic carbocycles. The fourth-order valence-electron chi connectivity index (χ4n) is 3.77. The Balaban J connectivity index is 2.11. The van der Waals surface area contributed by atoms with Crippen LogP contribution in [0.25, 0.3) is 11.1 Å².